The Morgan fingerprint density at radius 1 is 1.06 bits per heavy atom. The Bertz CT molecular complexity index is 502. The van der Waals surface area contributed by atoms with Crippen molar-refractivity contribution in [2.24, 2.45) is 5.73 Å². The summed E-state index contributed by atoms with van der Waals surface area (Å²) in [4.78, 5) is 11.2. The van der Waals surface area contributed by atoms with E-state index >= 15 is 0 Å². The molecule has 2 aromatic carbocycles. The van der Waals surface area contributed by atoms with Crippen LogP contribution < -0.4 is 5.73 Å². The largest absolute Gasteiger partial charge is 0.318 e. The molecule has 0 aliphatic heterocycles. The number of nitrogens with two attached hydrogens (primary N) is 1. The topological polar surface area (TPSA) is 43.1 Å². The fourth-order valence-corrected chi connectivity index (χ4v) is 1.70. The number of carbonyl (C=O) groups excluding carboxylic acids is 1. The molecule has 0 aromatic heterocycles. The van der Waals surface area contributed by atoms with Crippen molar-refractivity contribution in [1.29, 1.82) is 0 Å². The van der Waals surface area contributed by atoms with Crippen LogP contribution in [0.1, 0.15) is 18.5 Å². The van der Waals surface area contributed by atoms with Gasteiger partial charge in [0, 0.05) is 0 Å². The van der Waals surface area contributed by atoms with E-state index in [0.29, 0.717) is 0 Å². The monoisotopic (exact) mass is 224 g/mol. The molecule has 0 bridgehead atoms. The molecule has 0 aliphatic carbocycles. The van der Waals surface area contributed by atoms with Crippen molar-refractivity contribution in [2.75, 3.05) is 0 Å². The van der Waals surface area contributed by atoms with Crippen LogP contribution in [0, 0.1) is 6.07 Å². The first-order valence-electron chi connectivity index (χ1n) is 5.51. The van der Waals surface area contributed by atoms with Crippen LogP contribution in [0.4, 0.5) is 0 Å². The van der Waals surface area contributed by atoms with Crippen molar-refractivity contribution in [3.8, 4) is 11.1 Å². The summed E-state index contributed by atoms with van der Waals surface area (Å²) in [6.45, 7) is 1.51. The smallest absolute Gasteiger partial charge is 0.150 e. The molecule has 0 saturated heterocycles. The van der Waals surface area contributed by atoms with E-state index in [4.69, 9.17) is 5.73 Å². The first-order valence-corrected chi connectivity index (χ1v) is 5.51. The van der Waals surface area contributed by atoms with Gasteiger partial charge < -0.3 is 5.73 Å². The predicted molar refractivity (Wildman–Crippen MR) is 68.3 cm³/mol. The third-order valence-electron chi connectivity index (χ3n) is 2.76. The van der Waals surface area contributed by atoms with Crippen molar-refractivity contribution in [3.63, 3.8) is 0 Å². The maximum absolute atomic E-state index is 11.2. The van der Waals surface area contributed by atoms with Gasteiger partial charge in [-0.05, 0) is 29.7 Å². The van der Waals surface area contributed by atoms with Crippen LogP contribution in [0.5, 0.6) is 0 Å². The van der Waals surface area contributed by atoms with Crippen LogP contribution in [-0.4, -0.2) is 5.78 Å². The second-order valence-electron chi connectivity index (χ2n) is 4.00. The summed E-state index contributed by atoms with van der Waals surface area (Å²) in [5, 5.41) is 0. The van der Waals surface area contributed by atoms with Crippen molar-refractivity contribution < 1.29 is 4.79 Å². The van der Waals surface area contributed by atoms with Gasteiger partial charge in [-0.25, -0.2) is 0 Å². The predicted octanol–water partition coefficient (Wildman–Crippen LogP) is 2.74. The van der Waals surface area contributed by atoms with E-state index < -0.39 is 6.04 Å². The molecule has 1 radical (unpaired) electrons. The number of carbonyl (C=O) groups is 1. The molecule has 2 nitrogen and oxygen atoms in total. The number of hydrogen-bond acceptors (Lipinski definition) is 2. The van der Waals surface area contributed by atoms with E-state index in [1.165, 1.54) is 6.92 Å². The Balaban J connectivity index is 2.28. The second-order valence-corrected chi connectivity index (χ2v) is 4.00. The summed E-state index contributed by atoms with van der Waals surface area (Å²) >= 11 is 0. The third-order valence-corrected chi connectivity index (χ3v) is 2.76. The van der Waals surface area contributed by atoms with E-state index in [0.717, 1.165) is 16.7 Å². The van der Waals surface area contributed by atoms with E-state index in [-0.39, 0.29) is 5.78 Å². The minimum absolute atomic E-state index is 0.0212. The zero-order valence-corrected chi connectivity index (χ0v) is 9.68. The number of benzene rings is 2. The lowest BCUT2D eigenvalue weighted by Gasteiger charge is -2.09. The van der Waals surface area contributed by atoms with Crippen LogP contribution in [0.3, 0.4) is 0 Å². The van der Waals surface area contributed by atoms with Gasteiger partial charge in [-0.3, -0.25) is 4.79 Å². The lowest BCUT2D eigenvalue weighted by Crippen LogP contribution is -2.18. The van der Waals surface area contributed by atoms with Crippen LogP contribution >= 0.6 is 0 Å². The number of hydrogen-bond donors (Lipinski definition) is 1. The average molecular weight is 224 g/mol. The molecule has 0 saturated carbocycles. The molecule has 0 fully saturated rings. The van der Waals surface area contributed by atoms with Crippen LogP contribution in [0.15, 0.2) is 48.5 Å². The highest BCUT2D eigenvalue weighted by molar-refractivity contribution is 5.82. The number of rotatable bonds is 3. The molecule has 0 spiro atoms. The minimum atomic E-state index is -0.520. The zero-order chi connectivity index (χ0) is 12.3. The van der Waals surface area contributed by atoms with Gasteiger partial charge in [0.2, 0.25) is 0 Å². The molecule has 1 atom stereocenters. The SMILES string of the molecule is CC(=O)C(N)c1ccc(-c2cc[c]cc2)cc1. The summed E-state index contributed by atoms with van der Waals surface area (Å²) < 4.78 is 0. The fraction of sp³-hybridized carbons (Fsp3) is 0.133. The van der Waals surface area contributed by atoms with Gasteiger partial charge in [0.15, 0.2) is 5.78 Å². The molecule has 1 unspecified atom stereocenters. The van der Waals surface area contributed by atoms with E-state index in [1.54, 1.807) is 0 Å². The van der Waals surface area contributed by atoms with Crippen molar-refractivity contribution in [3.05, 3.63) is 60.2 Å². The van der Waals surface area contributed by atoms with Gasteiger partial charge in [-0.2, -0.15) is 0 Å². The van der Waals surface area contributed by atoms with Crippen LogP contribution in [0.25, 0.3) is 11.1 Å². The maximum atomic E-state index is 11.2. The van der Waals surface area contributed by atoms with E-state index in [1.807, 2.05) is 48.5 Å². The van der Waals surface area contributed by atoms with Gasteiger partial charge >= 0.3 is 0 Å². The summed E-state index contributed by atoms with van der Waals surface area (Å²) in [7, 11) is 0. The first-order chi connectivity index (χ1) is 8.18. The van der Waals surface area contributed by atoms with Gasteiger partial charge in [0.05, 0.1) is 6.04 Å². The molecular formula is C15H14NO. The Morgan fingerprint density at radius 2 is 1.59 bits per heavy atom. The Hall–Kier alpha value is -1.93. The summed E-state index contributed by atoms with van der Waals surface area (Å²) in [6.07, 6.45) is 0. The summed E-state index contributed by atoms with van der Waals surface area (Å²) in [5.41, 5.74) is 8.86. The lowest BCUT2D eigenvalue weighted by atomic mass is 10.00. The molecule has 0 amide bonds. The van der Waals surface area contributed by atoms with Crippen molar-refractivity contribution in [1.82, 2.24) is 0 Å². The van der Waals surface area contributed by atoms with Crippen LogP contribution in [0.2, 0.25) is 0 Å². The molecule has 2 heteroatoms. The Labute approximate surface area is 101 Å². The summed E-state index contributed by atoms with van der Waals surface area (Å²) in [5.74, 6) is -0.0212. The lowest BCUT2D eigenvalue weighted by molar-refractivity contribution is -0.118. The van der Waals surface area contributed by atoms with Gasteiger partial charge in [-0.15, -0.1) is 0 Å². The quantitative estimate of drug-likeness (QED) is 0.871. The third kappa shape index (κ3) is 2.60. The Morgan fingerprint density at radius 3 is 2.12 bits per heavy atom. The minimum Gasteiger partial charge on any atom is -0.318 e. The average Bonchev–Trinajstić information content (AvgIpc) is 2.39. The molecule has 2 aromatic rings. The van der Waals surface area contributed by atoms with Gasteiger partial charge in [0.1, 0.15) is 0 Å². The highest BCUT2D eigenvalue weighted by Gasteiger charge is 2.10. The zero-order valence-electron chi connectivity index (χ0n) is 9.68. The molecule has 0 heterocycles. The molecule has 2 N–H and O–H groups in total. The molecule has 17 heavy (non-hydrogen) atoms. The molecule has 85 valence electrons. The molecular weight excluding hydrogens is 210 g/mol. The number of Topliss-reactive ketones (excluding diaryl/α,β-unsaturated/α-hetero) is 1. The molecule has 2 rings (SSSR count). The standard InChI is InChI=1S/C15H14NO/c1-11(17)15(16)14-9-7-13(8-10-14)12-5-3-2-4-6-12/h3-10,15H,16H2,1H3. The Kier molecular flexibility index (Phi) is 3.35. The second kappa shape index (κ2) is 4.93. The number of ketones is 1. The molecule has 0 aliphatic rings. The van der Waals surface area contributed by atoms with Crippen molar-refractivity contribution >= 4 is 5.78 Å². The highest BCUT2D eigenvalue weighted by Crippen LogP contribution is 2.21. The maximum Gasteiger partial charge on any atom is 0.150 e. The van der Waals surface area contributed by atoms with E-state index in [2.05, 4.69) is 6.07 Å². The van der Waals surface area contributed by atoms with E-state index in [9.17, 15) is 4.79 Å². The van der Waals surface area contributed by atoms with Gasteiger partial charge in [-0.1, -0.05) is 48.5 Å². The van der Waals surface area contributed by atoms with Crippen LogP contribution in [-0.2, 0) is 4.79 Å². The normalized spacial score (nSPS) is 12.1. The van der Waals surface area contributed by atoms with Gasteiger partial charge in [0.25, 0.3) is 0 Å². The van der Waals surface area contributed by atoms with Crippen molar-refractivity contribution in [2.45, 2.75) is 13.0 Å². The first kappa shape index (κ1) is 11.6. The highest BCUT2D eigenvalue weighted by atomic mass is 16.1. The fourth-order valence-electron chi connectivity index (χ4n) is 1.70. The summed E-state index contributed by atoms with van der Waals surface area (Å²) in [6, 6.07) is 18.0.